The van der Waals surface area contributed by atoms with Crippen molar-refractivity contribution in [2.45, 2.75) is 0 Å². The molecule has 0 atom stereocenters. The summed E-state index contributed by atoms with van der Waals surface area (Å²) in [7, 11) is 0. The molecule has 0 aromatic heterocycles. The van der Waals surface area contributed by atoms with Gasteiger partial charge in [0.15, 0.2) is 6.29 Å². The molecule has 0 unspecified atom stereocenters. The molecule has 172 valence electrons. The van der Waals surface area contributed by atoms with E-state index in [1.807, 2.05) is 0 Å². The fraction of sp³-hybridized carbons (Fsp3) is 0.111. The molecule has 0 bridgehead atoms. The van der Waals surface area contributed by atoms with E-state index in [1.54, 1.807) is 36.4 Å². The van der Waals surface area contributed by atoms with Crippen molar-refractivity contribution in [1.29, 1.82) is 5.41 Å². The number of carbonyl (C=O) groups is 2. The number of carbonyl (C=O) groups excluding carboxylic acids is 2. The van der Waals surface area contributed by atoms with Crippen LogP contribution < -0.4 is 17.2 Å². The van der Waals surface area contributed by atoms with E-state index >= 15 is 0 Å². The molecule has 2 aromatic carbocycles. The molecule has 31 heavy (non-hydrogen) atoms. The molecule has 0 spiro atoms. The summed E-state index contributed by atoms with van der Waals surface area (Å²) in [5, 5.41) is 8.16. The third kappa shape index (κ3) is 15.0. The third-order valence-corrected chi connectivity index (χ3v) is 4.12. The van der Waals surface area contributed by atoms with Crippen molar-refractivity contribution in [3.05, 3.63) is 67.6 Å². The Balaban J connectivity index is -0.000000407. The van der Waals surface area contributed by atoms with Gasteiger partial charge in [0, 0.05) is 11.8 Å². The molecule has 2 rings (SSSR count). The average Bonchev–Trinajstić information content (AvgIpc) is 2.65. The van der Waals surface area contributed by atoms with Crippen LogP contribution in [-0.4, -0.2) is 37.3 Å². The molecule has 0 aliphatic heterocycles. The molecular weight excluding hydrogens is 531 g/mol. The van der Waals surface area contributed by atoms with Gasteiger partial charge in [0.2, 0.25) is 5.91 Å². The molecule has 0 saturated heterocycles. The number of benzene rings is 2. The number of nitrogens with two attached hydrogens (primary N) is 3. The summed E-state index contributed by atoms with van der Waals surface area (Å²) in [4.78, 5) is 24.5. The van der Waals surface area contributed by atoms with Crippen LogP contribution in [0.3, 0.4) is 0 Å². The van der Waals surface area contributed by atoms with Crippen LogP contribution in [0.15, 0.2) is 41.4 Å². The number of hydrogen-bond donors (Lipinski definition) is 4. The number of nitrogens with one attached hydrogen (secondary N) is 1. The Morgan fingerprint density at radius 2 is 1.26 bits per heavy atom. The molecular formula is C18H21Cl6N5O2. The van der Waals surface area contributed by atoms with E-state index < -0.39 is 5.91 Å². The maximum atomic E-state index is 10.4. The highest BCUT2D eigenvalue weighted by molar-refractivity contribution is 6.39. The minimum absolute atomic E-state index is 0. The van der Waals surface area contributed by atoms with Crippen LogP contribution >= 0.6 is 71.2 Å². The van der Waals surface area contributed by atoms with E-state index in [0.717, 1.165) is 0 Å². The zero-order valence-electron chi connectivity index (χ0n) is 15.9. The van der Waals surface area contributed by atoms with Crippen LogP contribution in [0.4, 0.5) is 0 Å². The van der Waals surface area contributed by atoms with Crippen LogP contribution in [0.1, 0.15) is 15.9 Å². The lowest BCUT2D eigenvalue weighted by Crippen LogP contribution is -2.20. The van der Waals surface area contributed by atoms with Crippen LogP contribution in [0.25, 0.3) is 0 Å². The number of rotatable bonds is 5. The van der Waals surface area contributed by atoms with Gasteiger partial charge in [-0.2, -0.15) is 0 Å². The minimum Gasteiger partial charge on any atom is -0.387 e. The fourth-order valence-corrected chi connectivity index (χ4v) is 2.47. The summed E-state index contributed by atoms with van der Waals surface area (Å²) >= 11 is 22.9. The Kier molecular flexibility index (Phi) is 21.0. The maximum Gasteiger partial charge on any atom is 0.239 e. The predicted octanol–water partition coefficient (Wildman–Crippen LogP) is 4.43. The molecule has 0 aliphatic rings. The van der Waals surface area contributed by atoms with Crippen LogP contribution in [0.2, 0.25) is 20.1 Å². The molecule has 2 aromatic rings. The summed E-state index contributed by atoms with van der Waals surface area (Å²) in [6, 6.07) is 10.1. The van der Waals surface area contributed by atoms with Crippen molar-refractivity contribution in [3.8, 4) is 0 Å². The van der Waals surface area contributed by atoms with Gasteiger partial charge in [-0.3, -0.25) is 20.0 Å². The average molecular weight is 552 g/mol. The van der Waals surface area contributed by atoms with E-state index in [1.165, 1.54) is 6.21 Å². The summed E-state index contributed by atoms with van der Waals surface area (Å²) in [6.07, 6.45) is 2.08. The van der Waals surface area contributed by atoms with Crippen molar-refractivity contribution in [3.63, 3.8) is 0 Å². The largest absolute Gasteiger partial charge is 0.387 e. The van der Waals surface area contributed by atoms with Gasteiger partial charge >= 0.3 is 0 Å². The Labute approximate surface area is 212 Å². The van der Waals surface area contributed by atoms with E-state index in [-0.39, 0.29) is 43.7 Å². The summed E-state index contributed by atoms with van der Waals surface area (Å²) in [5.74, 6) is -0.463. The van der Waals surface area contributed by atoms with Gasteiger partial charge in [-0.15, -0.1) is 24.8 Å². The smallest absolute Gasteiger partial charge is 0.239 e. The summed E-state index contributed by atoms with van der Waals surface area (Å²) in [6.45, 7) is 0.0988. The predicted molar refractivity (Wildman–Crippen MR) is 135 cm³/mol. The second kappa shape index (κ2) is 19.1. The molecule has 0 heterocycles. The number of nitrogens with zero attached hydrogens (tertiary/aromatic N) is 1. The molecule has 13 heteroatoms. The molecule has 0 fully saturated rings. The maximum absolute atomic E-state index is 10.4. The van der Waals surface area contributed by atoms with Gasteiger partial charge in [0.1, 0.15) is 12.4 Å². The first-order valence-electron chi connectivity index (χ1n) is 7.78. The Bertz CT molecular complexity index is 840. The number of amidine groups is 1. The normalized spacial score (nSPS) is 9.06. The number of halogens is 6. The third-order valence-electron chi connectivity index (χ3n) is 2.80. The Morgan fingerprint density at radius 3 is 1.52 bits per heavy atom. The highest BCUT2D eigenvalue weighted by Crippen LogP contribution is 2.22. The van der Waals surface area contributed by atoms with Crippen LogP contribution in [0.5, 0.6) is 0 Å². The van der Waals surface area contributed by atoms with Gasteiger partial charge in [-0.25, -0.2) is 0 Å². The van der Waals surface area contributed by atoms with Crippen LogP contribution in [-0.2, 0) is 4.79 Å². The van der Waals surface area contributed by atoms with Crippen molar-refractivity contribution >= 4 is 95.5 Å². The van der Waals surface area contributed by atoms with Gasteiger partial charge in [-0.05, 0) is 24.3 Å². The quantitative estimate of drug-likeness (QED) is 0.247. The number of aliphatic imine (C=N–C) groups is 1. The second-order valence-corrected chi connectivity index (χ2v) is 6.68. The fourth-order valence-electron chi connectivity index (χ4n) is 1.48. The van der Waals surface area contributed by atoms with E-state index in [0.29, 0.717) is 37.5 Å². The summed E-state index contributed by atoms with van der Waals surface area (Å²) < 4.78 is 0. The van der Waals surface area contributed by atoms with Gasteiger partial charge in [-0.1, -0.05) is 58.5 Å². The molecule has 0 radical (unpaired) electrons. The topological polar surface area (TPSA) is 148 Å². The highest BCUT2D eigenvalue weighted by atomic mass is 35.5. The van der Waals surface area contributed by atoms with Crippen molar-refractivity contribution in [1.82, 2.24) is 0 Å². The van der Waals surface area contributed by atoms with E-state index in [9.17, 15) is 9.59 Å². The van der Waals surface area contributed by atoms with E-state index in [2.05, 4.69) is 4.99 Å². The van der Waals surface area contributed by atoms with Crippen LogP contribution in [0, 0.1) is 5.41 Å². The van der Waals surface area contributed by atoms with Crippen molar-refractivity contribution in [2.75, 3.05) is 13.1 Å². The zero-order valence-corrected chi connectivity index (χ0v) is 20.5. The number of amides is 1. The Hall–Kier alpha value is -1.58. The van der Waals surface area contributed by atoms with Gasteiger partial charge in [0.05, 0.1) is 32.2 Å². The standard InChI is InChI=1S/C9H8Cl2N2O.C7H4Cl2O.C2H7N3.2ClH/c10-7-2-1-3-8(11)6(7)4-13-5-9(12)14;8-6-2-1-3-7(9)5(6)4-10;3-1-2(4)5;;/h1-4H,5H2,(H2,12,14);1-4H;1,3H2,(H3,4,5);2*1H. The highest BCUT2D eigenvalue weighted by Gasteiger charge is 2.02. The first-order valence-corrected chi connectivity index (χ1v) is 9.29. The van der Waals surface area contributed by atoms with Crippen molar-refractivity contribution < 1.29 is 9.59 Å². The van der Waals surface area contributed by atoms with Gasteiger partial charge in [0.25, 0.3) is 0 Å². The zero-order chi connectivity index (χ0) is 22.4. The lowest BCUT2D eigenvalue weighted by atomic mass is 10.2. The number of aldehydes is 1. The molecule has 0 saturated carbocycles. The number of primary amides is 1. The summed E-state index contributed by atoms with van der Waals surface area (Å²) in [5.41, 5.74) is 15.4. The second-order valence-electron chi connectivity index (χ2n) is 5.05. The van der Waals surface area contributed by atoms with Gasteiger partial charge < -0.3 is 17.2 Å². The first-order chi connectivity index (χ1) is 13.6. The minimum atomic E-state index is -0.496. The molecule has 7 N–H and O–H groups in total. The molecule has 0 aliphatic carbocycles. The molecule has 1 amide bonds. The monoisotopic (exact) mass is 549 g/mol. The molecule has 7 nitrogen and oxygen atoms in total. The lowest BCUT2D eigenvalue weighted by Gasteiger charge is -1.99. The first kappa shape index (κ1) is 34.0. The Morgan fingerprint density at radius 1 is 0.903 bits per heavy atom. The van der Waals surface area contributed by atoms with E-state index in [4.69, 9.17) is 69.0 Å². The van der Waals surface area contributed by atoms with Crippen molar-refractivity contribution in [2.24, 2.45) is 22.2 Å². The number of hydrogen-bond acceptors (Lipinski definition) is 5. The SMILES string of the molecule is Cl.Cl.N=C(N)CN.NC(=O)CN=Cc1c(Cl)cccc1Cl.O=Cc1c(Cl)cccc1Cl. The lowest BCUT2D eigenvalue weighted by molar-refractivity contribution is -0.116.